The van der Waals surface area contributed by atoms with E-state index in [1.165, 1.54) is 64.0 Å². The molecule has 11 aromatic rings. The quantitative estimate of drug-likeness (QED) is 0.167. The van der Waals surface area contributed by atoms with Crippen molar-refractivity contribution in [1.82, 2.24) is 0 Å². The number of fused-ring (bicyclic) bond motifs is 9. The molecule has 2 heterocycles. The molecule has 248 valence electrons. The molecule has 0 aliphatic rings. The first-order valence-corrected chi connectivity index (χ1v) is 18.8. The molecule has 0 spiro atoms. The van der Waals surface area contributed by atoms with Crippen molar-refractivity contribution in [3.8, 4) is 22.3 Å². The van der Waals surface area contributed by atoms with Crippen LogP contribution in [0.5, 0.6) is 0 Å². The van der Waals surface area contributed by atoms with Crippen molar-refractivity contribution in [3.63, 3.8) is 0 Å². The van der Waals surface area contributed by atoms with Crippen LogP contribution in [0, 0.1) is 0 Å². The summed E-state index contributed by atoms with van der Waals surface area (Å²) in [4.78, 5) is 2.40. The van der Waals surface area contributed by atoms with Crippen molar-refractivity contribution in [2.45, 2.75) is 0 Å². The SMILES string of the molecule is c1ccc(-c2ccccc2-c2cccc(N(c3ccc4ccc5cc6sc7ccccc7c6cc5c4c3)c3ccc4oc5ccccc5c4c3)c2)cc1. The second-order valence-electron chi connectivity index (χ2n) is 13.7. The Morgan fingerprint density at radius 3 is 1.85 bits per heavy atom. The zero-order valence-electron chi connectivity index (χ0n) is 28.7. The van der Waals surface area contributed by atoms with E-state index in [9.17, 15) is 0 Å². The Kier molecular flexibility index (Phi) is 6.76. The Hall–Kier alpha value is -6.68. The van der Waals surface area contributed by atoms with E-state index in [0.717, 1.165) is 39.0 Å². The summed E-state index contributed by atoms with van der Waals surface area (Å²) < 4.78 is 8.93. The standard InChI is InChI=1S/C50H31NOS/c1-2-11-32(12-3-1)39-15-4-5-16-40(39)34-13-10-14-36(27-34)51(38-25-26-48-45(30-38)41-17-6-8-19-47(41)52-48)37-24-23-33-21-22-35-28-50-46(31-44(35)43(33)29-37)42-18-7-9-20-49(42)53-50/h1-31H. The third-order valence-electron chi connectivity index (χ3n) is 10.6. The van der Waals surface area contributed by atoms with E-state index >= 15 is 0 Å². The van der Waals surface area contributed by atoms with Gasteiger partial charge in [-0.3, -0.25) is 0 Å². The van der Waals surface area contributed by atoms with Gasteiger partial charge in [-0.1, -0.05) is 121 Å². The molecule has 0 aliphatic carbocycles. The molecule has 2 nitrogen and oxygen atoms in total. The largest absolute Gasteiger partial charge is 0.456 e. The van der Waals surface area contributed by atoms with Crippen LogP contribution >= 0.6 is 11.3 Å². The molecular formula is C50H31NOS. The van der Waals surface area contributed by atoms with Gasteiger partial charge < -0.3 is 9.32 Å². The summed E-state index contributed by atoms with van der Waals surface area (Å²) in [6, 6.07) is 68.1. The highest BCUT2D eigenvalue weighted by molar-refractivity contribution is 7.25. The van der Waals surface area contributed by atoms with Gasteiger partial charge in [0, 0.05) is 48.0 Å². The highest BCUT2D eigenvalue weighted by Gasteiger charge is 2.18. The van der Waals surface area contributed by atoms with E-state index in [-0.39, 0.29) is 0 Å². The van der Waals surface area contributed by atoms with Gasteiger partial charge in [-0.2, -0.15) is 0 Å². The number of benzene rings is 9. The summed E-state index contributed by atoms with van der Waals surface area (Å²) >= 11 is 1.87. The van der Waals surface area contributed by atoms with Gasteiger partial charge in [-0.05, 0) is 111 Å². The smallest absolute Gasteiger partial charge is 0.135 e. The van der Waals surface area contributed by atoms with Crippen LogP contribution in [0.15, 0.2) is 192 Å². The minimum absolute atomic E-state index is 0.886. The number of rotatable bonds is 5. The summed E-state index contributed by atoms with van der Waals surface area (Å²) in [5, 5.41) is 9.84. The summed E-state index contributed by atoms with van der Waals surface area (Å²) in [7, 11) is 0. The number of hydrogen-bond donors (Lipinski definition) is 0. The third-order valence-corrected chi connectivity index (χ3v) is 11.8. The number of anilines is 3. The molecule has 0 saturated carbocycles. The molecule has 0 saturated heterocycles. The predicted octanol–water partition coefficient (Wildman–Crippen LogP) is 15.1. The zero-order chi connectivity index (χ0) is 34.9. The number of para-hydroxylation sites is 1. The molecule has 0 radical (unpaired) electrons. The van der Waals surface area contributed by atoms with E-state index in [1.807, 2.05) is 23.5 Å². The van der Waals surface area contributed by atoms with Crippen molar-refractivity contribution < 1.29 is 4.42 Å². The lowest BCUT2D eigenvalue weighted by atomic mass is 9.94. The van der Waals surface area contributed by atoms with Crippen molar-refractivity contribution in [1.29, 1.82) is 0 Å². The number of nitrogens with zero attached hydrogens (tertiary/aromatic N) is 1. The second kappa shape index (κ2) is 11.9. The average Bonchev–Trinajstić information content (AvgIpc) is 3.78. The molecular weight excluding hydrogens is 663 g/mol. The molecule has 0 unspecified atom stereocenters. The molecule has 53 heavy (non-hydrogen) atoms. The lowest BCUT2D eigenvalue weighted by Crippen LogP contribution is -2.10. The van der Waals surface area contributed by atoms with E-state index in [2.05, 4.69) is 181 Å². The first kappa shape index (κ1) is 30.0. The summed E-state index contributed by atoms with van der Waals surface area (Å²) in [6.45, 7) is 0. The van der Waals surface area contributed by atoms with Crippen LogP contribution < -0.4 is 4.90 Å². The minimum atomic E-state index is 0.886. The van der Waals surface area contributed by atoms with Gasteiger partial charge in [-0.25, -0.2) is 0 Å². The van der Waals surface area contributed by atoms with E-state index in [4.69, 9.17) is 4.42 Å². The summed E-state index contributed by atoms with van der Waals surface area (Å²) in [5.74, 6) is 0. The molecule has 0 N–H and O–H groups in total. The van der Waals surface area contributed by atoms with Crippen LogP contribution in [0.25, 0.3) is 85.9 Å². The van der Waals surface area contributed by atoms with Crippen LogP contribution in [0.1, 0.15) is 0 Å². The normalized spacial score (nSPS) is 11.8. The maximum atomic E-state index is 6.28. The minimum Gasteiger partial charge on any atom is -0.456 e. The fourth-order valence-electron chi connectivity index (χ4n) is 8.12. The Labute approximate surface area is 310 Å². The third kappa shape index (κ3) is 4.93. The molecule has 2 aromatic heterocycles. The molecule has 0 bridgehead atoms. The highest BCUT2D eigenvalue weighted by Crippen LogP contribution is 2.44. The van der Waals surface area contributed by atoms with Gasteiger partial charge in [0.1, 0.15) is 11.2 Å². The monoisotopic (exact) mass is 693 g/mol. The van der Waals surface area contributed by atoms with E-state index in [1.54, 1.807) is 0 Å². The fraction of sp³-hybridized carbons (Fsp3) is 0. The van der Waals surface area contributed by atoms with Crippen molar-refractivity contribution in [2.24, 2.45) is 0 Å². The van der Waals surface area contributed by atoms with Crippen LogP contribution in [0.4, 0.5) is 17.1 Å². The summed E-state index contributed by atoms with van der Waals surface area (Å²) in [6.07, 6.45) is 0. The molecule has 11 rings (SSSR count). The Morgan fingerprint density at radius 1 is 0.340 bits per heavy atom. The van der Waals surface area contributed by atoms with Crippen LogP contribution in [0.2, 0.25) is 0 Å². The van der Waals surface area contributed by atoms with Gasteiger partial charge in [0.05, 0.1) is 0 Å². The van der Waals surface area contributed by atoms with Crippen LogP contribution in [-0.2, 0) is 0 Å². The van der Waals surface area contributed by atoms with Crippen LogP contribution in [0.3, 0.4) is 0 Å². The molecule has 0 atom stereocenters. The van der Waals surface area contributed by atoms with Crippen molar-refractivity contribution in [3.05, 3.63) is 188 Å². The lowest BCUT2D eigenvalue weighted by Gasteiger charge is -2.27. The fourth-order valence-corrected chi connectivity index (χ4v) is 9.25. The topological polar surface area (TPSA) is 16.4 Å². The molecule has 0 amide bonds. The molecule has 0 fully saturated rings. The first-order valence-electron chi connectivity index (χ1n) is 18.0. The van der Waals surface area contributed by atoms with Gasteiger partial charge in [0.15, 0.2) is 0 Å². The number of thiophene rings is 1. The Bertz CT molecular complexity index is 3190. The second-order valence-corrected chi connectivity index (χ2v) is 14.8. The van der Waals surface area contributed by atoms with E-state index in [0.29, 0.717) is 0 Å². The van der Waals surface area contributed by atoms with Gasteiger partial charge >= 0.3 is 0 Å². The maximum Gasteiger partial charge on any atom is 0.135 e. The van der Waals surface area contributed by atoms with Gasteiger partial charge in [0.2, 0.25) is 0 Å². The zero-order valence-corrected chi connectivity index (χ0v) is 29.5. The van der Waals surface area contributed by atoms with Crippen LogP contribution in [-0.4, -0.2) is 0 Å². The Morgan fingerprint density at radius 2 is 0.962 bits per heavy atom. The Balaban J connectivity index is 1.14. The first-order chi connectivity index (χ1) is 26.2. The summed E-state index contributed by atoms with van der Waals surface area (Å²) in [5.41, 5.74) is 9.83. The van der Waals surface area contributed by atoms with Crippen molar-refractivity contribution in [2.75, 3.05) is 4.90 Å². The maximum absolute atomic E-state index is 6.28. The van der Waals surface area contributed by atoms with Gasteiger partial charge in [-0.15, -0.1) is 11.3 Å². The molecule has 0 aliphatic heterocycles. The van der Waals surface area contributed by atoms with Gasteiger partial charge in [0.25, 0.3) is 0 Å². The predicted molar refractivity (Wildman–Crippen MR) is 227 cm³/mol. The number of hydrogen-bond acceptors (Lipinski definition) is 3. The average molecular weight is 694 g/mol. The van der Waals surface area contributed by atoms with E-state index < -0.39 is 0 Å². The number of furan rings is 1. The highest BCUT2D eigenvalue weighted by atomic mass is 32.1. The molecule has 3 heteroatoms. The van der Waals surface area contributed by atoms with Crippen molar-refractivity contribution >= 4 is 92.1 Å². The molecule has 9 aromatic carbocycles. The lowest BCUT2D eigenvalue weighted by molar-refractivity contribution is 0.669.